The number of aryl methyl sites for hydroxylation is 1. The Labute approximate surface area is 91.5 Å². The van der Waals surface area contributed by atoms with Crippen molar-refractivity contribution in [2.45, 2.75) is 32.4 Å². The largest absolute Gasteiger partial charge is 0.393 e. The fraction of sp³-hybridized carbons (Fsp3) is 0.727. The second kappa shape index (κ2) is 5.88. The molecule has 0 amide bonds. The number of rotatable bonds is 6. The van der Waals surface area contributed by atoms with Crippen LogP contribution in [0.25, 0.3) is 0 Å². The SMILES string of the molecule is CC(O)CCCN(C)Cc1cnn(C)c1. The van der Waals surface area contributed by atoms with E-state index >= 15 is 0 Å². The number of hydrogen-bond donors (Lipinski definition) is 1. The van der Waals surface area contributed by atoms with E-state index in [0.717, 1.165) is 25.9 Å². The van der Waals surface area contributed by atoms with Crippen LogP contribution in [0.3, 0.4) is 0 Å². The first-order valence-corrected chi connectivity index (χ1v) is 5.42. The van der Waals surface area contributed by atoms with Crippen molar-refractivity contribution in [2.24, 2.45) is 7.05 Å². The summed E-state index contributed by atoms with van der Waals surface area (Å²) in [6, 6.07) is 0. The first kappa shape index (κ1) is 12.2. The fourth-order valence-electron chi connectivity index (χ4n) is 1.60. The average Bonchev–Trinajstić information content (AvgIpc) is 2.50. The van der Waals surface area contributed by atoms with E-state index in [2.05, 4.69) is 17.0 Å². The molecule has 15 heavy (non-hydrogen) atoms. The molecule has 0 bridgehead atoms. The van der Waals surface area contributed by atoms with Gasteiger partial charge in [-0.3, -0.25) is 4.68 Å². The Morgan fingerprint density at radius 3 is 2.87 bits per heavy atom. The molecule has 0 aliphatic carbocycles. The smallest absolute Gasteiger partial charge is 0.0534 e. The topological polar surface area (TPSA) is 41.3 Å². The second-order valence-electron chi connectivity index (χ2n) is 4.25. The number of aliphatic hydroxyl groups is 1. The minimum absolute atomic E-state index is 0.184. The van der Waals surface area contributed by atoms with Crippen LogP contribution in [0.5, 0.6) is 0 Å². The Morgan fingerprint density at radius 1 is 1.60 bits per heavy atom. The third-order valence-electron chi connectivity index (χ3n) is 2.37. The van der Waals surface area contributed by atoms with Gasteiger partial charge in [-0.05, 0) is 33.4 Å². The maximum Gasteiger partial charge on any atom is 0.0534 e. The van der Waals surface area contributed by atoms with E-state index in [-0.39, 0.29) is 6.10 Å². The van der Waals surface area contributed by atoms with Crippen LogP contribution in [-0.2, 0) is 13.6 Å². The first-order chi connectivity index (χ1) is 7.08. The molecule has 0 aliphatic heterocycles. The van der Waals surface area contributed by atoms with Crippen LogP contribution in [0.4, 0.5) is 0 Å². The Balaban J connectivity index is 2.21. The predicted molar refractivity (Wildman–Crippen MR) is 60.5 cm³/mol. The maximum absolute atomic E-state index is 9.13. The summed E-state index contributed by atoms with van der Waals surface area (Å²) in [5.41, 5.74) is 1.23. The number of hydrogen-bond acceptors (Lipinski definition) is 3. The summed E-state index contributed by atoms with van der Waals surface area (Å²) >= 11 is 0. The summed E-state index contributed by atoms with van der Waals surface area (Å²) in [5.74, 6) is 0. The van der Waals surface area contributed by atoms with Gasteiger partial charge in [0.1, 0.15) is 0 Å². The summed E-state index contributed by atoms with van der Waals surface area (Å²) < 4.78 is 1.82. The molecule has 0 fully saturated rings. The molecule has 0 aliphatic rings. The van der Waals surface area contributed by atoms with Gasteiger partial charge in [-0.2, -0.15) is 5.10 Å². The molecule has 4 heteroatoms. The molecule has 1 aromatic heterocycles. The van der Waals surface area contributed by atoms with Crippen LogP contribution in [0.15, 0.2) is 12.4 Å². The zero-order valence-corrected chi connectivity index (χ0v) is 9.85. The van der Waals surface area contributed by atoms with Crippen LogP contribution in [0, 0.1) is 0 Å². The average molecular weight is 211 g/mol. The minimum atomic E-state index is -0.184. The van der Waals surface area contributed by atoms with Gasteiger partial charge < -0.3 is 10.0 Å². The van der Waals surface area contributed by atoms with E-state index < -0.39 is 0 Å². The van der Waals surface area contributed by atoms with E-state index in [1.165, 1.54) is 5.56 Å². The van der Waals surface area contributed by atoms with E-state index in [1.54, 1.807) is 0 Å². The number of nitrogens with zero attached hydrogens (tertiary/aromatic N) is 3. The third-order valence-corrected chi connectivity index (χ3v) is 2.37. The minimum Gasteiger partial charge on any atom is -0.393 e. The van der Waals surface area contributed by atoms with Crippen LogP contribution >= 0.6 is 0 Å². The van der Waals surface area contributed by atoms with Gasteiger partial charge in [0.25, 0.3) is 0 Å². The number of aliphatic hydroxyl groups excluding tert-OH is 1. The molecular formula is C11H21N3O. The van der Waals surface area contributed by atoms with Crippen molar-refractivity contribution >= 4 is 0 Å². The van der Waals surface area contributed by atoms with E-state index in [0.29, 0.717) is 0 Å². The van der Waals surface area contributed by atoms with E-state index in [1.807, 2.05) is 31.0 Å². The summed E-state index contributed by atoms with van der Waals surface area (Å²) in [5, 5.41) is 13.3. The lowest BCUT2D eigenvalue weighted by atomic mass is 10.2. The second-order valence-corrected chi connectivity index (χ2v) is 4.25. The zero-order chi connectivity index (χ0) is 11.3. The highest BCUT2D eigenvalue weighted by atomic mass is 16.3. The van der Waals surface area contributed by atoms with E-state index in [9.17, 15) is 0 Å². The highest BCUT2D eigenvalue weighted by Crippen LogP contribution is 2.03. The molecular weight excluding hydrogens is 190 g/mol. The molecule has 0 spiro atoms. The van der Waals surface area contributed by atoms with Gasteiger partial charge in [0.2, 0.25) is 0 Å². The summed E-state index contributed by atoms with van der Waals surface area (Å²) in [7, 11) is 4.02. The van der Waals surface area contributed by atoms with Gasteiger partial charge in [0.05, 0.1) is 12.3 Å². The molecule has 1 rings (SSSR count). The molecule has 86 valence electrons. The third kappa shape index (κ3) is 4.95. The molecule has 0 radical (unpaired) electrons. The van der Waals surface area contributed by atoms with Gasteiger partial charge in [-0.25, -0.2) is 0 Å². The Kier molecular flexibility index (Phi) is 4.78. The first-order valence-electron chi connectivity index (χ1n) is 5.42. The quantitative estimate of drug-likeness (QED) is 0.763. The van der Waals surface area contributed by atoms with Crippen LogP contribution < -0.4 is 0 Å². The monoisotopic (exact) mass is 211 g/mol. The zero-order valence-electron chi connectivity index (χ0n) is 9.85. The van der Waals surface area contributed by atoms with Crippen molar-refractivity contribution in [1.29, 1.82) is 0 Å². The van der Waals surface area contributed by atoms with Crippen LogP contribution in [0.2, 0.25) is 0 Å². The lowest BCUT2D eigenvalue weighted by molar-refractivity contribution is 0.174. The normalized spacial score (nSPS) is 13.4. The molecule has 1 atom stereocenters. The van der Waals surface area contributed by atoms with Gasteiger partial charge in [0, 0.05) is 25.4 Å². The maximum atomic E-state index is 9.13. The van der Waals surface area contributed by atoms with Crippen molar-refractivity contribution in [1.82, 2.24) is 14.7 Å². The van der Waals surface area contributed by atoms with Gasteiger partial charge in [-0.15, -0.1) is 0 Å². The molecule has 4 nitrogen and oxygen atoms in total. The van der Waals surface area contributed by atoms with Crippen molar-refractivity contribution in [3.63, 3.8) is 0 Å². The van der Waals surface area contributed by atoms with Crippen molar-refractivity contribution in [3.8, 4) is 0 Å². The highest BCUT2D eigenvalue weighted by molar-refractivity contribution is 5.02. The molecule has 0 saturated carbocycles. The molecule has 1 unspecified atom stereocenters. The van der Waals surface area contributed by atoms with Gasteiger partial charge in [-0.1, -0.05) is 0 Å². The van der Waals surface area contributed by atoms with Crippen LogP contribution in [0.1, 0.15) is 25.3 Å². The molecule has 0 saturated heterocycles. The Hall–Kier alpha value is -0.870. The van der Waals surface area contributed by atoms with Crippen molar-refractivity contribution < 1.29 is 5.11 Å². The molecule has 1 N–H and O–H groups in total. The highest BCUT2D eigenvalue weighted by Gasteiger charge is 2.03. The van der Waals surface area contributed by atoms with Crippen LogP contribution in [-0.4, -0.2) is 39.5 Å². The summed E-state index contributed by atoms with van der Waals surface area (Å²) in [6.45, 7) is 3.77. The van der Waals surface area contributed by atoms with E-state index in [4.69, 9.17) is 5.11 Å². The lowest BCUT2D eigenvalue weighted by Crippen LogP contribution is -2.19. The van der Waals surface area contributed by atoms with Gasteiger partial charge in [0.15, 0.2) is 0 Å². The predicted octanol–water partition coefficient (Wildman–Crippen LogP) is 1.01. The summed E-state index contributed by atoms with van der Waals surface area (Å²) in [6.07, 6.45) is 5.65. The molecule has 0 aromatic carbocycles. The summed E-state index contributed by atoms with van der Waals surface area (Å²) in [4.78, 5) is 2.25. The fourth-order valence-corrected chi connectivity index (χ4v) is 1.60. The lowest BCUT2D eigenvalue weighted by Gasteiger charge is -2.15. The van der Waals surface area contributed by atoms with Crippen molar-refractivity contribution in [2.75, 3.05) is 13.6 Å². The molecule has 1 aromatic rings. The standard InChI is InChI=1S/C11H21N3O/c1-10(15)5-4-6-13(2)8-11-7-12-14(3)9-11/h7,9-10,15H,4-6,8H2,1-3H3. The Morgan fingerprint density at radius 2 is 2.33 bits per heavy atom. The number of aromatic nitrogens is 2. The molecule has 1 heterocycles. The Bertz CT molecular complexity index is 283. The van der Waals surface area contributed by atoms with Gasteiger partial charge >= 0.3 is 0 Å². The van der Waals surface area contributed by atoms with Crippen molar-refractivity contribution in [3.05, 3.63) is 18.0 Å².